The first-order chi connectivity index (χ1) is 10.1. The molecule has 0 aromatic carbocycles. The standard InChI is InChI=1S/C16H21N3O2/c1-11-5-3-7-18(9-11)10-13-14(16(20)21)17-15-12(2)6-4-8-19(13)15/h4,6,8,11H,3,5,7,9-10H2,1-2H3,(H,20,21). The maximum Gasteiger partial charge on any atom is 0.356 e. The summed E-state index contributed by atoms with van der Waals surface area (Å²) in [7, 11) is 0. The first-order valence-electron chi connectivity index (χ1n) is 7.48. The number of piperidine rings is 1. The molecule has 1 unspecified atom stereocenters. The molecule has 1 atom stereocenters. The smallest absolute Gasteiger partial charge is 0.356 e. The first kappa shape index (κ1) is 14.1. The second-order valence-electron chi connectivity index (χ2n) is 6.08. The van der Waals surface area contributed by atoms with Gasteiger partial charge in [0.05, 0.1) is 5.69 Å². The van der Waals surface area contributed by atoms with Crippen LogP contribution in [0.2, 0.25) is 0 Å². The van der Waals surface area contributed by atoms with E-state index < -0.39 is 5.97 Å². The summed E-state index contributed by atoms with van der Waals surface area (Å²) in [5.74, 6) is -0.272. The van der Waals surface area contributed by atoms with E-state index in [4.69, 9.17) is 0 Å². The molecule has 0 saturated carbocycles. The van der Waals surface area contributed by atoms with Crippen molar-refractivity contribution in [1.29, 1.82) is 0 Å². The van der Waals surface area contributed by atoms with E-state index in [1.807, 2.05) is 29.7 Å². The quantitative estimate of drug-likeness (QED) is 0.942. The second-order valence-corrected chi connectivity index (χ2v) is 6.08. The predicted molar refractivity (Wildman–Crippen MR) is 80.6 cm³/mol. The summed E-state index contributed by atoms with van der Waals surface area (Å²) < 4.78 is 1.93. The third-order valence-corrected chi connectivity index (χ3v) is 4.26. The van der Waals surface area contributed by atoms with Crippen LogP contribution in [0, 0.1) is 12.8 Å². The zero-order valence-electron chi connectivity index (χ0n) is 12.5. The summed E-state index contributed by atoms with van der Waals surface area (Å²) >= 11 is 0. The number of rotatable bonds is 3. The van der Waals surface area contributed by atoms with E-state index in [1.54, 1.807) is 0 Å². The maximum atomic E-state index is 11.5. The summed E-state index contributed by atoms with van der Waals surface area (Å²) in [5, 5.41) is 9.44. The Morgan fingerprint density at radius 1 is 1.52 bits per heavy atom. The van der Waals surface area contributed by atoms with Crippen LogP contribution in [0.3, 0.4) is 0 Å². The molecule has 1 fully saturated rings. The zero-order valence-corrected chi connectivity index (χ0v) is 12.5. The third kappa shape index (κ3) is 2.65. The van der Waals surface area contributed by atoms with Crippen molar-refractivity contribution in [1.82, 2.24) is 14.3 Å². The largest absolute Gasteiger partial charge is 0.476 e. The van der Waals surface area contributed by atoms with Crippen molar-refractivity contribution in [3.8, 4) is 0 Å². The summed E-state index contributed by atoms with van der Waals surface area (Å²) in [6.07, 6.45) is 4.35. The fourth-order valence-electron chi connectivity index (χ4n) is 3.22. The molecule has 1 saturated heterocycles. The van der Waals surface area contributed by atoms with E-state index in [-0.39, 0.29) is 5.69 Å². The van der Waals surface area contributed by atoms with E-state index in [2.05, 4.69) is 16.8 Å². The van der Waals surface area contributed by atoms with Crippen molar-refractivity contribution in [3.63, 3.8) is 0 Å². The summed E-state index contributed by atoms with van der Waals surface area (Å²) in [5.41, 5.74) is 2.71. The number of aryl methyl sites for hydroxylation is 1. The van der Waals surface area contributed by atoms with Crippen molar-refractivity contribution in [2.75, 3.05) is 13.1 Å². The highest BCUT2D eigenvalue weighted by Crippen LogP contribution is 2.21. The summed E-state index contributed by atoms with van der Waals surface area (Å²) in [6.45, 7) is 6.92. The van der Waals surface area contributed by atoms with Gasteiger partial charge >= 0.3 is 5.97 Å². The van der Waals surface area contributed by atoms with Gasteiger partial charge < -0.3 is 9.51 Å². The number of aromatic nitrogens is 2. The number of likely N-dealkylation sites (tertiary alicyclic amines) is 1. The normalized spacial score (nSPS) is 20.0. The lowest BCUT2D eigenvalue weighted by Gasteiger charge is -2.30. The van der Waals surface area contributed by atoms with E-state index in [9.17, 15) is 9.90 Å². The van der Waals surface area contributed by atoms with Gasteiger partial charge in [0.1, 0.15) is 5.65 Å². The number of fused-ring (bicyclic) bond motifs is 1. The minimum atomic E-state index is -0.946. The van der Waals surface area contributed by atoms with Crippen LogP contribution in [0.15, 0.2) is 18.3 Å². The molecule has 5 heteroatoms. The fourth-order valence-corrected chi connectivity index (χ4v) is 3.22. The maximum absolute atomic E-state index is 11.5. The lowest BCUT2D eigenvalue weighted by molar-refractivity contribution is 0.0687. The molecule has 112 valence electrons. The molecule has 2 aromatic heterocycles. The molecule has 1 N–H and O–H groups in total. The molecule has 1 aliphatic rings. The number of aromatic carboxylic acids is 1. The van der Waals surface area contributed by atoms with Crippen molar-refractivity contribution >= 4 is 11.6 Å². The van der Waals surface area contributed by atoms with Gasteiger partial charge in [-0.2, -0.15) is 0 Å². The van der Waals surface area contributed by atoms with Gasteiger partial charge in [-0.15, -0.1) is 0 Å². The van der Waals surface area contributed by atoms with Crippen LogP contribution < -0.4 is 0 Å². The highest BCUT2D eigenvalue weighted by Gasteiger charge is 2.23. The van der Waals surface area contributed by atoms with Crippen LogP contribution >= 0.6 is 0 Å². The number of imidazole rings is 1. The topological polar surface area (TPSA) is 57.8 Å². The van der Waals surface area contributed by atoms with E-state index in [0.29, 0.717) is 12.5 Å². The van der Waals surface area contributed by atoms with Crippen molar-refractivity contribution in [2.24, 2.45) is 5.92 Å². The highest BCUT2D eigenvalue weighted by atomic mass is 16.4. The van der Waals surface area contributed by atoms with Gasteiger partial charge in [-0.05, 0) is 43.9 Å². The molecular formula is C16H21N3O2. The average molecular weight is 287 g/mol. The van der Waals surface area contributed by atoms with Crippen LogP contribution in [0.1, 0.15) is 41.5 Å². The Hall–Kier alpha value is -1.88. The van der Waals surface area contributed by atoms with Gasteiger partial charge in [-0.3, -0.25) is 4.90 Å². The Labute approximate surface area is 124 Å². The number of hydrogen-bond donors (Lipinski definition) is 1. The Morgan fingerprint density at radius 3 is 3.05 bits per heavy atom. The van der Waals surface area contributed by atoms with Crippen LogP contribution in [-0.4, -0.2) is 38.4 Å². The van der Waals surface area contributed by atoms with Crippen molar-refractivity contribution in [3.05, 3.63) is 35.3 Å². The van der Waals surface area contributed by atoms with Gasteiger partial charge in [0.15, 0.2) is 5.69 Å². The zero-order chi connectivity index (χ0) is 15.0. The van der Waals surface area contributed by atoms with Crippen LogP contribution in [0.4, 0.5) is 0 Å². The minimum Gasteiger partial charge on any atom is -0.476 e. The van der Waals surface area contributed by atoms with E-state index >= 15 is 0 Å². The number of hydrogen-bond acceptors (Lipinski definition) is 3. The number of carboxylic acid groups (broad SMARTS) is 1. The molecule has 21 heavy (non-hydrogen) atoms. The molecular weight excluding hydrogens is 266 g/mol. The Balaban J connectivity index is 2.01. The molecule has 0 amide bonds. The van der Waals surface area contributed by atoms with E-state index in [0.717, 1.165) is 30.0 Å². The van der Waals surface area contributed by atoms with Crippen LogP contribution in [0.25, 0.3) is 5.65 Å². The summed E-state index contributed by atoms with van der Waals surface area (Å²) in [6, 6.07) is 3.90. The van der Waals surface area contributed by atoms with Gasteiger partial charge in [-0.25, -0.2) is 9.78 Å². The van der Waals surface area contributed by atoms with Gasteiger partial charge in [0.25, 0.3) is 0 Å². The lowest BCUT2D eigenvalue weighted by Crippen LogP contribution is -2.34. The molecule has 0 bridgehead atoms. The number of carbonyl (C=O) groups is 1. The van der Waals surface area contributed by atoms with Crippen LogP contribution in [0.5, 0.6) is 0 Å². The van der Waals surface area contributed by atoms with Crippen molar-refractivity contribution < 1.29 is 9.90 Å². The predicted octanol–water partition coefficient (Wildman–Crippen LogP) is 2.57. The molecule has 5 nitrogen and oxygen atoms in total. The van der Waals surface area contributed by atoms with Gasteiger partial charge in [-0.1, -0.05) is 13.0 Å². The van der Waals surface area contributed by atoms with Gasteiger partial charge in [0, 0.05) is 19.3 Å². The Morgan fingerprint density at radius 2 is 2.33 bits per heavy atom. The molecule has 0 spiro atoms. The molecule has 3 heterocycles. The Kier molecular flexibility index (Phi) is 3.68. The lowest BCUT2D eigenvalue weighted by atomic mass is 10.0. The molecule has 0 radical (unpaired) electrons. The molecule has 2 aromatic rings. The second kappa shape index (κ2) is 5.48. The SMILES string of the molecule is Cc1cccn2c(CN3CCCC(C)C3)c(C(=O)O)nc12. The van der Waals surface area contributed by atoms with Crippen LogP contribution in [-0.2, 0) is 6.54 Å². The number of nitrogens with zero attached hydrogens (tertiary/aromatic N) is 3. The first-order valence-corrected chi connectivity index (χ1v) is 7.48. The number of pyridine rings is 1. The molecule has 0 aliphatic carbocycles. The average Bonchev–Trinajstić information content (AvgIpc) is 2.80. The highest BCUT2D eigenvalue weighted by molar-refractivity contribution is 5.88. The summed E-state index contributed by atoms with van der Waals surface area (Å²) in [4.78, 5) is 18.2. The molecule has 3 rings (SSSR count). The monoisotopic (exact) mass is 287 g/mol. The number of carboxylic acids is 1. The third-order valence-electron chi connectivity index (χ3n) is 4.26. The fraction of sp³-hybridized carbons (Fsp3) is 0.500. The van der Waals surface area contributed by atoms with Gasteiger partial charge in [0.2, 0.25) is 0 Å². The van der Waals surface area contributed by atoms with E-state index in [1.165, 1.54) is 12.8 Å². The minimum absolute atomic E-state index is 0.183. The molecule has 1 aliphatic heterocycles. The van der Waals surface area contributed by atoms with Crippen molar-refractivity contribution in [2.45, 2.75) is 33.2 Å². The Bertz CT molecular complexity index is 677.